The number of benzene rings is 1. The summed E-state index contributed by atoms with van der Waals surface area (Å²) in [6, 6.07) is 6.60. The fraction of sp³-hybridized carbons (Fsp3) is 0.571. The first-order valence-electron chi connectivity index (χ1n) is 6.70. The smallest absolute Gasteiger partial charge is 0.297 e. The van der Waals surface area contributed by atoms with Gasteiger partial charge in [-0.3, -0.25) is 4.18 Å². The van der Waals surface area contributed by atoms with Crippen LogP contribution in [0.3, 0.4) is 0 Å². The molecule has 2 aliphatic heterocycles. The fourth-order valence-corrected chi connectivity index (χ4v) is 3.73. The van der Waals surface area contributed by atoms with E-state index in [1.165, 1.54) is 0 Å². The number of hydrogen-bond donors (Lipinski definition) is 0. The van der Waals surface area contributed by atoms with E-state index in [2.05, 4.69) is 0 Å². The fourth-order valence-electron chi connectivity index (χ4n) is 2.66. The average Bonchev–Trinajstić information content (AvgIpc) is 2.95. The van der Waals surface area contributed by atoms with Crippen LogP contribution < -0.4 is 0 Å². The molecule has 0 aromatic heterocycles. The molecule has 0 radical (unpaired) electrons. The summed E-state index contributed by atoms with van der Waals surface area (Å²) in [5.74, 6) is 0.274. The van der Waals surface area contributed by atoms with Crippen LogP contribution in [0.25, 0.3) is 0 Å². The van der Waals surface area contributed by atoms with Crippen LogP contribution in [0.15, 0.2) is 29.2 Å². The van der Waals surface area contributed by atoms with E-state index < -0.39 is 16.2 Å². The van der Waals surface area contributed by atoms with E-state index in [1.54, 1.807) is 24.3 Å². The molecule has 0 spiro atoms. The van der Waals surface area contributed by atoms with Crippen LogP contribution in [-0.4, -0.2) is 39.9 Å². The maximum absolute atomic E-state index is 12.2. The first kappa shape index (κ1) is 14.0. The Morgan fingerprint density at radius 2 is 1.75 bits per heavy atom. The van der Waals surface area contributed by atoms with Crippen molar-refractivity contribution in [1.29, 1.82) is 0 Å². The van der Waals surface area contributed by atoms with Crippen molar-refractivity contribution in [3.05, 3.63) is 29.8 Å². The van der Waals surface area contributed by atoms with Gasteiger partial charge in [0.2, 0.25) is 0 Å². The van der Waals surface area contributed by atoms with Gasteiger partial charge < -0.3 is 9.47 Å². The highest BCUT2D eigenvalue weighted by molar-refractivity contribution is 7.86. The molecule has 20 heavy (non-hydrogen) atoms. The number of hydrogen-bond acceptors (Lipinski definition) is 5. The summed E-state index contributed by atoms with van der Waals surface area (Å²) in [7, 11) is -3.78. The van der Waals surface area contributed by atoms with E-state index in [0.717, 1.165) is 5.56 Å². The Labute approximate surface area is 119 Å². The number of rotatable bonds is 3. The molecule has 0 aliphatic carbocycles. The third-order valence-electron chi connectivity index (χ3n) is 3.82. The van der Waals surface area contributed by atoms with Gasteiger partial charge in [-0.05, 0) is 19.1 Å². The Morgan fingerprint density at radius 1 is 1.10 bits per heavy atom. The van der Waals surface area contributed by atoms with Gasteiger partial charge in [0.1, 0.15) is 12.2 Å². The molecule has 2 heterocycles. The van der Waals surface area contributed by atoms with Crippen LogP contribution in [0.4, 0.5) is 0 Å². The van der Waals surface area contributed by atoms with Gasteiger partial charge in [0.05, 0.1) is 24.2 Å². The Hall–Kier alpha value is -0.950. The second-order valence-electron chi connectivity index (χ2n) is 5.48. The molecule has 0 saturated carbocycles. The van der Waals surface area contributed by atoms with Gasteiger partial charge in [0, 0.05) is 5.92 Å². The number of ether oxygens (including phenoxy) is 2. The Kier molecular flexibility index (Phi) is 3.58. The minimum Gasteiger partial charge on any atom is -0.372 e. The largest absolute Gasteiger partial charge is 0.372 e. The van der Waals surface area contributed by atoms with Gasteiger partial charge in [-0.15, -0.1) is 0 Å². The zero-order chi connectivity index (χ0) is 14.3. The molecule has 1 aromatic rings. The second-order valence-corrected chi connectivity index (χ2v) is 7.05. The van der Waals surface area contributed by atoms with Gasteiger partial charge in [-0.1, -0.05) is 24.6 Å². The van der Waals surface area contributed by atoms with Gasteiger partial charge in [0.15, 0.2) is 0 Å². The van der Waals surface area contributed by atoms with Crippen LogP contribution in [0.2, 0.25) is 0 Å². The van der Waals surface area contributed by atoms with E-state index in [-0.39, 0.29) is 29.6 Å². The number of fused-ring (bicyclic) bond motifs is 1. The second kappa shape index (κ2) is 5.11. The third kappa shape index (κ3) is 2.48. The molecule has 5 nitrogen and oxygen atoms in total. The Morgan fingerprint density at radius 3 is 2.45 bits per heavy atom. The molecule has 2 aliphatic rings. The van der Waals surface area contributed by atoms with Crippen molar-refractivity contribution in [2.75, 3.05) is 13.2 Å². The molecule has 4 atom stereocenters. The summed E-state index contributed by atoms with van der Waals surface area (Å²) in [6.45, 7) is 4.77. The molecule has 2 fully saturated rings. The first-order valence-corrected chi connectivity index (χ1v) is 8.11. The lowest BCUT2D eigenvalue weighted by Gasteiger charge is -2.16. The predicted octanol–water partition coefficient (Wildman–Crippen LogP) is 1.50. The van der Waals surface area contributed by atoms with Gasteiger partial charge in [-0.25, -0.2) is 0 Å². The normalized spacial score (nSPS) is 33.3. The van der Waals surface area contributed by atoms with Crippen molar-refractivity contribution in [1.82, 2.24) is 0 Å². The van der Waals surface area contributed by atoms with E-state index in [4.69, 9.17) is 13.7 Å². The Bertz CT molecular complexity index is 580. The topological polar surface area (TPSA) is 61.8 Å². The predicted molar refractivity (Wildman–Crippen MR) is 71.9 cm³/mol. The van der Waals surface area contributed by atoms with Crippen LogP contribution in [0, 0.1) is 12.8 Å². The summed E-state index contributed by atoms with van der Waals surface area (Å²) in [6.07, 6.45) is -0.908. The van der Waals surface area contributed by atoms with E-state index >= 15 is 0 Å². The third-order valence-corrected chi connectivity index (χ3v) is 5.17. The monoisotopic (exact) mass is 298 g/mol. The lowest BCUT2D eigenvalue weighted by molar-refractivity contribution is 0.0328. The maximum atomic E-state index is 12.2. The lowest BCUT2D eigenvalue weighted by atomic mass is 10.0. The van der Waals surface area contributed by atoms with Crippen molar-refractivity contribution >= 4 is 10.1 Å². The molecule has 0 amide bonds. The molecular weight excluding hydrogens is 280 g/mol. The lowest BCUT2D eigenvalue weighted by Crippen LogP contribution is -2.32. The van der Waals surface area contributed by atoms with Crippen LogP contribution in [0.1, 0.15) is 12.5 Å². The molecule has 2 saturated heterocycles. The van der Waals surface area contributed by atoms with Crippen molar-refractivity contribution in [2.24, 2.45) is 5.92 Å². The zero-order valence-electron chi connectivity index (χ0n) is 11.5. The minimum atomic E-state index is -3.78. The molecule has 0 unspecified atom stereocenters. The number of aryl methyl sites for hydroxylation is 1. The molecule has 1 aromatic carbocycles. The van der Waals surface area contributed by atoms with Gasteiger partial charge in [0.25, 0.3) is 10.1 Å². The molecule has 110 valence electrons. The van der Waals surface area contributed by atoms with Crippen LogP contribution >= 0.6 is 0 Å². The van der Waals surface area contributed by atoms with Crippen LogP contribution in [0.5, 0.6) is 0 Å². The highest BCUT2D eigenvalue weighted by Crippen LogP contribution is 2.33. The molecule has 0 bridgehead atoms. The SMILES string of the molecule is Cc1ccc(S(=O)(=O)O[C@H]2CO[C@H]3[C@@H]2OC[C@H]3C)cc1. The minimum absolute atomic E-state index is 0.0618. The summed E-state index contributed by atoms with van der Waals surface area (Å²) in [4.78, 5) is 0.164. The van der Waals surface area contributed by atoms with E-state index in [0.29, 0.717) is 6.61 Å². The average molecular weight is 298 g/mol. The van der Waals surface area contributed by atoms with E-state index in [1.807, 2.05) is 13.8 Å². The molecule has 6 heteroatoms. The molecular formula is C14H18O5S. The van der Waals surface area contributed by atoms with Crippen molar-refractivity contribution < 1.29 is 22.1 Å². The summed E-state index contributed by atoms with van der Waals surface area (Å²) in [5, 5.41) is 0. The molecule has 3 rings (SSSR count). The zero-order valence-corrected chi connectivity index (χ0v) is 12.3. The standard InChI is InChI=1S/C14H18O5S/c1-9-3-5-11(6-4-9)20(15,16)19-12-8-18-13-10(2)7-17-14(12)13/h3-6,10,12-14H,7-8H2,1-2H3/t10-,12+,13-,14-/m1/s1. The summed E-state index contributed by atoms with van der Waals surface area (Å²) >= 11 is 0. The summed E-state index contributed by atoms with van der Waals surface area (Å²) in [5.41, 5.74) is 1.00. The van der Waals surface area contributed by atoms with Crippen molar-refractivity contribution in [2.45, 2.75) is 37.1 Å². The quantitative estimate of drug-likeness (QED) is 0.791. The molecule has 0 N–H and O–H groups in total. The maximum Gasteiger partial charge on any atom is 0.297 e. The summed E-state index contributed by atoms with van der Waals surface area (Å²) < 4.78 is 41.0. The Balaban J connectivity index is 1.76. The van der Waals surface area contributed by atoms with Gasteiger partial charge >= 0.3 is 0 Å². The van der Waals surface area contributed by atoms with E-state index in [9.17, 15) is 8.42 Å². The van der Waals surface area contributed by atoms with Crippen molar-refractivity contribution in [3.63, 3.8) is 0 Å². The first-order chi connectivity index (χ1) is 9.47. The highest BCUT2D eigenvalue weighted by atomic mass is 32.2. The highest BCUT2D eigenvalue weighted by Gasteiger charge is 2.48. The van der Waals surface area contributed by atoms with Gasteiger partial charge in [-0.2, -0.15) is 8.42 Å². The van der Waals surface area contributed by atoms with Crippen LogP contribution in [-0.2, 0) is 23.8 Å². The van der Waals surface area contributed by atoms with Crippen molar-refractivity contribution in [3.8, 4) is 0 Å².